The summed E-state index contributed by atoms with van der Waals surface area (Å²) < 4.78 is 0. The summed E-state index contributed by atoms with van der Waals surface area (Å²) in [5, 5.41) is 2.91. The van der Waals surface area contributed by atoms with Crippen LogP contribution in [-0.4, -0.2) is 23.4 Å². The molecule has 1 aliphatic heterocycles. The average Bonchev–Trinajstić information content (AvgIpc) is 2.50. The van der Waals surface area contributed by atoms with E-state index in [0.717, 1.165) is 31.2 Å². The molecular weight excluding hydrogens is 252 g/mol. The minimum absolute atomic E-state index is 0.0183. The van der Waals surface area contributed by atoms with Crippen molar-refractivity contribution in [3.8, 4) is 0 Å². The molecule has 0 aromatic heterocycles. The predicted octanol–water partition coefficient (Wildman–Crippen LogP) is 2.69. The number of hydrogen-bond acceptors (Lipinski definition) is 2. The van der Waals surface area contributed by atoms with E-state index in [9.17, 15) is 9.59 Å². The first kappa shape index (κ1) is 13.2. The highest BCUT2D eigenvalue weighted by Crippen LogP contribution is 2.39. The predicted molar refractivity (Wildman–Crippen MR) is 75.9 cm³/mol. The van der Waals surface area contributed by atoms with Gasteiger partial charge in [-0.05, 0) is 18.4 Å². The molecule has 1 saturated carbocycles. The van der Waals surface area contributed by atoms with Crippen LogP contribution in [0.4, 0.5) is 4.79 Å². The Bertz CT molecular complexity index is 506. The summed E-state index contributed by atoms with van der Waals surface area (Å²) >= 11 is 0. The van der Waals surface area contributed by atoms with Crippen molar-refractivity contribution in [2.24, 2.45) is 5.41 Å². The van der Waals surface area contributed by atoms with Crippen molar-refractivity contribution in [1.82, 2.24) is 10.2 Å². The van der Waals surface area contributed by atoms with Gasteiger partial charge in [-0.2, -0.15) is 0 Å². The number of amides is 3. The summed E-state index contributed by atoms with van der Waals surface area (Å²) in [4.78, 5) is 26.2. The lowest BCUT2D eigenvalue weighted by atomic mass is 9.72. The number of nitrogens with one attached hydrogen (secondary N) is 1. The first-order valence-corrected chi connectivity index (χ1v) is 7.35. The van der Waals surface area contributed by atoms with Crippen LogP contribution in [0.5, 0.6) is 0 Å². The van der Waals surface area contributed by atoms with Gasteiger partial charge < -0.3 is 5.32 Å². The molecular formula is C16H20N2O2. The van der Waals surface area contributed by atoms with Gasteiger partial charge in [0.1, 0.15) is 0 Å². The van der Waals surface area contributed by atoms with Gasteiger partial charge in [0.25, 0.3) is 0 Å². The number of nitrogens with zero attached hydrogens (tertiary/aromatic N) is 1. The van der Waals surface area contributed by atoms with Crippen molar-refractivity contribution in [3.63, 3.8) is 0 Å². The average molecular weight is 272 g/mol. The maximum absolute atomic E-state index is 12.8. The maximum Gasteiger partial charge on any atom is 0.324 e. The van der Waals surface area contributed by atoms with E-state index in [1.807, 2.05) is 30.3 Å². The zero-order chi connectivity index (χ0) is 14.0. The fourth-order valence-corrected chi connectivity index (χ4v) is 3.32. The van der Waals surface area contributed by atoms with Crippen LogP contribution in [0, 0.1) is 5.41 Å². The minimum Gasteiger partial charge on any atom is -0.337 e. The molecule has 1 aromatic carbocycles. The van der Waals surface area contributed by atoms with Gasteiger partial charge in [-0.3, -0.25) is 9.69 Å². The van der Waals surface area contributed by atoms with Crippen molar-refractivity contribution in [1.29, 1.82) is 0 Å². The number of benzene rings is 1. The fraction of sp³-hybridized carbons (Fsp3) is 0.500. The minimum atomic E-state index is -0.346. The smallest absolute Gasteiger partial charge is 0.324 e. The molecule has 20 heavy (non-hydrogen) atoms. The molecule has 2 fully saturated rings. The third-order valence-electron chi connectivity index (χ3n) is 4.52. The SMILES string of the molecule is O=C1NCC2(CCCCC2)C(=O)N1Cc1ccccc1. The Kier molecular flexibility index (Phi) is 3.47. The summed E-state index contributed by atoms with van der Waals surface area (Å²) in [5.41, 5.74) is 0.643. The summed E-state index contributed by atoms with van der Waals surface area (Å²) in [5.74, 6) is 0.0183. The highest BCUT2D eigenvalue weighted by atomic mass is 16.2. The monoisotopic (exact) mass is 272 g/mol. The molecule has 4 nitrogen and oxygen atoms in total. The third kappa shape index (κ3) is 2.30. The van der Waals surface area contributed by atoms with Crippen molar-refractivity contribution >= 4 is 11.9 Å². The number of imide groups is 1. The van der Waals surface area contributed by atoms with Crippen LogP contribution in [0.3, 0.4) is 0 Å². The Morgan fingerprint density at radius 3 is 2.45 bits per heavy atom. The van der Waals surface area contributed by atoms with Gasteiger partial charge in [0.05, 0.1) is 12.0 Å². The van der Waals surface area contributed by atoms with Gasteiger partial charge in [0.15, 0.2) is 0 Å². The van der Waals surface area contributed by atoms with Gasteiger partial charge in [-0.15, -0.1) is 0 Å². The van der Waals surface area contributed by atoms with E-state index in [1.54, 1.807) is 0 Å². The summed E-state index contributed by atoms with van der Waals surface area (Å²) in [7, 11) is 0. The topological polar surface area (TPSA) is 49.4 Å². The molecule has 1 spiro atoms. The molecule has 0 bridgehead atoms. The van der Waals surface area contributed by atoms with Crippen molar-refractivity contribution in [2.45, 2.75) is 38.6 Å². The number of hydrogen-bond donors (Lipinski definition) is 1. The number of carbonyl (C=O) groups is 2. The lowest BCUT2D eigenvalue weighted by Crippen LogP contribution is -2.60. The molecule has 1 aliphatic carbocycles. The van der Waals surface area contributed by atoms with E-state index in [-0.39, 0.29) is 17.4 Å². The van der Waals surface area contributed by atoms with E-state index in [2.05, 4.69) is 5.32 Å². The Balaban J connectivity index is 1.81. The van der Waals surface area contributed by atoms with Gasteiger partial charge in [-0.1, -0.05) is 49.6 Å². The molecule has 4 heteroatoms. The van der Waals surface area contributed by atoms with E-state index >= 15 is 0 Å². The van der Waals surface area contributed by atoms with Crippen LogP contribution < -0.4 is 5.32 Å². The van der Waals surface area contributed by atoms with Gasteiger partial charge in [0, 0.05) is 6.54 Å². The fourth-order valence-electron chi connectivity index (χ4n) is 3.32. The van der Waals surface area contributed by atoms with Gasteiger partial charge in [-0.25, -0.2) is 4.79 Å². The van der Waals surface area contributed by atoms with Crippen LogP contribution in [0.25, 0.3) is 0 Å². The van der Waals surface area contributed by atoms with Crippen LogP contribution in [0.15, 0.2) is 30.3 Å². The van der Waals surface area contributed by atoms with E-state index in [0.29, 0.717) is 13.1 Å². The number of urea groups is 1. The van der Waals surface area contributed by atoms with Gasteiger partial charge in [0.2, 0.25) is 5.91 Å². The van der Waals surface area contributed by atoms with Crippen LogP contribution in [-0.2, 0) is 11.3 Å². The molecule has 0 unspecified atom stereocenters. The highest BCUT2D eigenvalue weighted by molar-refractivity contribution is 6.00. The van der Waals surface area contributed by atoms with E-state index < -0.39 is 0 Å². The molecule has 1 N–H and O–H groups in total. The molecule has 3 rings (SSSR count). The largest absolute Gasteiger partial charge is 0.337 e. The molecule has 1 aromatic rings. The second kappa shape index (κ2) is 5.27. The Morgan fingerprint density at radius 2 is 1.75 bits per heavy atom. The lowest BCUT2D eigenvalue weighted by Gasteiger charge is -2.43. The number of rotatable bonds is 2. The summed E-state index contributed by atoms with van der Waals surface area (Å²) in [6, 6.07) is 9.43. The second-order valence-electron chi connectivity index (χ2n) is 5.88. The standard InChI is InChI=1S/C16H20N2O2/c19-14-16(9-5-2-6-10-16)12-17-15(20)18(14)11-13-7-3-1-4-8-13/h1,3-4,7-8H,2,5-6,9-12H2,(H,17,20). The number of carbonyl (C=O) groups excluding carboxylic acids is 2. The quantitative estimate of drug-likeness (QED) is 0.900. The highest BCUT2D eigenvalue weighted by Gasteiger charge is 2.47. The Hall–Kier alpha value is -1.84. The van der Waals surface area contributed by atoms with Crippen LogP contribution >= 0.6 is 0 Å². The van der Waals surface area contributed by atoms with Crippen molar-refractivity contribution in [3.05, 3.63) is 35.9 Å². The molecule has 2 aliphatic rings. The zero-order valence-corrected chi connectivity index (χ0v) is 11.6. The van der Waals surface area contributed by atoms with E-state index in [4.69, 9.17) is 0 Å². The second-order valence-corrected chi connectivity index (χ2v) is 5.88. The molecule has 1 heterocycles. The van der Waals surface area contributed by atoms with Crippen molar-refractivity contribution < 1.29 is 9.59 Å². The van der Waals surface area contributed by atoms with Crippen molar-refractivity contribution in [2.75, 3.05) is 6.54 Å². The normalized spacial score (nSPS) is 21.9. The van der Waals surface area contributed by atoms with E-state index in [1.165, 1.54) is 11.3 Å². The molecule has 0 atom stereocenters. The first-order chi connectivity index (χ1) is 9.71. The lowest BCUT2D eigenvalue weighted by molar-refractivity contribution is -0.143. The van der Waals surface area contributed by atoms with Gasteiger partial charge >= 0.3 is 6.03 Å². The molecule has 3 amide bonds. The molecule has 1 saturated heterocycles. The molecule has 106 valence electrons. The third-order valence-corrected chi connectivity index (χ3v) is 4.52. The maximum atomic E-state index is 12.8. The van der Waals surface area contributed by atoms with Crippen LogP contribution in [0.2, 0.25) is 0 Å². The Morgan fingerprint density at radius 1 is 1.05 bits per heavy atom. The zero-order valence-electron chi connectivity index (χ0n) is 11.6. The Labute approximate surface area is 119 Å². The van der Waals surface area contributed by atoms with Crippen LogP contribution in [0.1, 0.15) is 37.7 Å². The molecule has 0 radical (unpaired) electrons. The summed E-state index contributed by atoms with van der Waals surface area (Å²) in [6.45, 7) is 0.878. The summed E-state index contributed by atoms with van der Waals surface area (Å²) in [6.07, 6.45) is 5.16. The first-order valence-electron chi connectivity index (χ1n) is 7.35.